The molecule has 0 aromatic heterocycles. The summed E-state index contributed by atoms with van der Waals surface area (Å²) >= 11 is 5.86. The Balaban J connectivity index is 3.18. The molecule has 0 fully saturated rings. The molecule has 17 heavy (non-hydrogen) atoms. The van der Waals surface area contributed by atoms with Gasteiger partial charge in [0.15, 0.2) is 0 Å². The summed E-state index contributed by atoms with van der Waals surface area (Å²) in [6, 6.07) is 4.58. The normalized spacial score (nSPS) is 11.6. The van der Waals surface area contributed by atoms with Gasteiger partial charge in [0.25, 0.3) is 5.69 Å². The van der Waals surface area contributed by atoms with E-state index in [1.54, 1.807) is 6.07 Å². The SMILES string of the molecule is CC/C(=C/c1cc(Cl)ccc1[N+](=O)[O-])CNC. The van der Waals surface area contributed by atoms with Crippen molar-refractivity contribution in [2.45, 2.75) is 13.3 Å². The van der Waals surface area contributed by atoms with Crippen molar-refractivity contribution in [3.05, 3.63) is 44.5 Å². The molecule has 0 aliphatic carbocycles. The van der Waals surface area contributed by atoms with Crippen LogP contribution in [0.4, 0.5) is 5.69 Å². The van der Waals surface area contributed by atoms with Gasteiger partial charge < -0.3 is 5.32 Å². The fraction of sp³-hybridized carbons (Fsp3) is 0.333. The molecule has 0 amide bonds. The third-order valence-corrected chi connectivity index (χ3v) is 2.64. The molecule has 1 aromatic carbocycles. The Hall–Kier alpha value is -1.39. The Bertz CT molecular complexity index is 444. The van der Waals surface area contributed by atoms with Crippen LogP contribution in [0.2, 0.25) is 5.02 Å². The van der Waals surface area contributed by atoms with Gasteiger partial charge in [0.1, 0.15) is 0 Å². The molecule has 0 saturated heterocycles. The lowest BCUT2D eigenvalue weighted by atomic mass is 10.1. The van der Waals surface area contributed by atoms with Gasteiger partial charge >= 0.3 is 0 Å². The second-order valence-corrected chi connectivity index (χ2v) is 4.08. The van der Waals surface area contributed by atoms with Gasteiger partial charge in [-0.25, -0.2) is 0 Å². The fourth-order valence-corrected chi connectivity index (χ4v) is 1.71. The van der Waals surface area contributed by atoms with Crippen LogP contribution in [0.25, 0.3) is 6.08 Å². The zero-order chi connectivity index (χ0) is 12.8. The number of hydrogen-bond donors (Lipinski definition) is 1. The zero-order valence-corrected chi connectivity index (χ0v) is 10.6. The molecule has 0 heterocycles. The number of halogens is 1. The number of nitrogens with one attached hydrogen (secondary N) is 1. The van der Waals surface area contributed by atoms with E-state index in [4.69, 9.17) is 11.6 Å². The first-order valence-electron chi connectivity index (χ1n) is 5.36. The van der Waals surface area contributed by atoms with Gasteiger partial charge in [-0.1, -0.05) is 24.1 Å². The molecule has 0 unspecified atom stereocenters. The van der Waals surface area contributed by atoms with E-state index in [2.05, 4.69) is 5.32 Å². The molecule has 0 atom stereocenters. The summed E-state index contributed by atoms with van der Waals surface area (Å²) in [6.45, 7) is 2.72. The molecule has 0 saturated carbocycles. The van der Waals surface area contributed by atoms with Gasteiger partial charge in [0.2, 0.25) is 0 Å². The molecule has 1 aromatic rings. The van der Waals surface area contributed by atoms with Crippen LogP contribution in [0.1, 0.15) is 18.9 Å². The van der Waals surface area contributed by atoms with Gasteiger partial charge in [-0.3, -0.25) is 10.1 Å². The predicted octanol–water partition coefficient (Wildman–Crippen LogP) is 3.26. The summed E-state index contributed by atoms with van der Waals surface area (Å²) in [5.41, 5.74) is 1.73. The Morgan fingerprint density at radius 3 is 2.82 bits per heavy atom. The van der Waals surface area contributed by atoms with Gasteiger partial charge in [-0.05, 0) is 31.7 Å². The van der Waals surface area contributed by atoms with E-state index in [9.17, 15) is 10.1 Å². The third-order valence-electron chi connectivity index (χ3n) is 2.40. The molecular formula is C12H15ClN2O2. The van der Waals surface area contributed by atoms with Crippen LogP contribution in [0.5, 0.6) is 0 Å². The standard InChI is InChI=1S/C12H15ClN2O2/c1-3-9(8-14-2)6-10-7-11(13)4-5-12(10)15(16)17/h4-7,14H,3,8H2,1-2H3/b9-6-. The maximum absolute atomic E-state index is 10.9. The van der Waals surface area contributed by atoms with Crippen molar-refractivity contribution in [3.8, 4) is 0 Å². The summed E-state index contributed by atoms with van der Waals surface area (Å²) in [5.74, 6) is 0. The van der Waals surface area contributed by atoms with Crippen LogP contribution in [0, 0.1) is 10.1 Å². The minimum atomic E-state index is -0.394. The van der Waals surface area contributed by atoms with Crippen molar-refractivity contribution in [1.82, 2.24) is 5.32 Å². The molecule has 0 aliphatic rings. The lowest BCUT2D eigenvalue weighted by molar-refractivity contribution is -0.385. The molecule has 0 spiro atoms. The highest BCUT2D eigenvalue weighted by molar-refractivity contribution is 6.30. The van der Waals surface area contributed by atoms with E-state index < -0.39 is 4.92 Å². The Morgan fingerprint density at radius 1 is 1.59 bits per heavy atom. The molecule has 0 bridgehead atoms. The van der Waals surface area contributed by atoms with E-state index in [0.717, 1.165) is 12.0 Å². The van der Waals surface area contributed by atoms with Gasteiger partial charge in [-0.15, -0.1) is 0 Å². The minimum absolute atomic E-state index is 0.0800. The Kier molecular flexibility index (Phi) is 5.12. The number of likely N-dealkylation sites (N-methyl/N-ethyl adjacent to an activating group) is 1. The summed E-state index contributed by atoms with van der Waals surface area (Å²) in [5, 5.41) is 14.4. The fourth-order valence-electron chi connectivity index (χ4n) is 1.53. The minimum Gasteiger partial charge on any atom is -0.316 e. The lowest BCUT2D eigenvalue weighted by Crippen LogP contribution is -2.09. The number of hydrogen-bond acceptors (Lipinski definition) is 3. The van der Waals surface area contributed by atoms with Crippen molar-refractivity contribution >= 4 is 23.4 Å². The first kappa shape index (κ1) is 13.7. The average molecular weight is 255 g/mol. The highest BCUT2D eigenvalue weighted by atomic mass is 35.5. The Morgan fingerprint density at radius 2 is 2.29 bits per heavy atom. The summed E-state index contributed by atoms with van der Waals surface area (Å²) in [6.07, 6.45) is 2.66. The van der Waals surface area contributed by atoms with Gasteiger partial charge in [0.05, 0.1) is 10.5 Å². The third kappa shape index (κ3) is 3.84. The molecule has 5 heteroatoms. The van der Waals surface area contributed by atoms with Crippen LogP contribution < -0.4 is 5.32 Å². The number of nitro benzene ring substituents is 1. The molecule has 0 radical (unpaired) electrons. The van der Waals surface area contributed by atoms with Crippen LogP contribution in [0.3, 0.4) is 0 Å². The van der Waals surface area contributed by atoms with Crippen LogP contribution in [0.15, 0.2) is 23.8 Å². The number of rotatable bonds is 5. The van der Waals surface area contributed by atoms with Crippen LogP contribution in [-0.4, -0.2) is 18.5 Å². The largest absolute Gasteiger partial charge is 0.316 e. The van der Waals surface area contributed by atoms with E-state index >= 15 is 0 Å². The average Bonchev–Trinajstić information content (AvgIpc) is 2.28. The molecular weight excluding hydrogens is 240 g/mol. The summed E-state index contributed by atoms with van der Waals surface area (Å²) < 4.78 is 0. The van der Waals surface area contributed by atoms with E-state index in [1.807, 2.05) is 20.0 Å². The monoisotopic (exact) mass is 254 g/mol. The highest BCUT2D eigenvalue weighted by Gasteiger charge is 2.12. The van der Waals surface area contributed by atoms with Crippen molar-refractivity contribution in [2.75, 3.05) is 13.6 Å². The predicted molar refractivity (Wildman–Crippen MR) is 70.3 cm³/mol. The van der Waals surface area contributed by atoms with Crippen molar-refractivity contribution < 1.29 is 4.92 Å². The summed E-state index contributed by atoms with van der Waals surface area (Å²) in [7, 11) is 1.84. The summed E-state index contributed by atoms with van der Waals surface area (Å²) in [4.78, 5) is 10.5. The maximum atomic E-state index is 10.9. The van der Waals surface area contributed by atoms with E-state index in [0.29, 0.717) is 17.1 Å². The van der Waals surface area contributed by atoms with Crippen molar-refractivity contribution in [1.29, 1.82) is 0 Å². The van der Waals surface area contributed by atoms with Crippen LogP contribution in [-0.2, 0) is 0 Å². The lowest BCUT2D eigenvalue weighted by Gasteiger charge is -2.04. The maximum Gasteiger partial charge on any atom is 0.276 e. The highest BCUT2D eigenvalue weighted by Crippen LogP contribution is 2.25. The van der Waals surface area contributed by atoms with Gasteiger partial charge in [0, 0.05) is 17.6 Å². The molecule has 4 nitrogen and oxygen atoms in total. The van der Waals surface area contributed by atoms with Crippen molar-refractivity contribution in [3.63, 3.8) is 0 Å². The molecule has 1 rings (SSSR count). The zero-order valence-electron chi connectivity index (χ0n) is 9.87. The Labute approximate surface area is 105 Å². The number of benzene rings is 1. The number of nitrogens with zero attached hydrogens (tertiary/aromatic N) is 1. The van der Waals surface area contributed by atoms with E-state index in [-0.39, 0.29) is 5.69 Å². The smallest absolute Gasteiger partial charge is 0.276 e. The second kappa shape index (κ2) is 6.37. The molecule has 92 valence electrons. The first-order valence-corrected chi connectivity index (χ1v) is 5.74. The second-order valence-electron chi connectivity index (χ2n) is 3.65. The van der Waals surface area contributed by atoms with Gasteiger partial charge in [-0.2, -0.15) is 0 Å². The van der Waals surface area contributed by atoms with E-state index in [1.165, 1.54) is 12.1 Å². The molecule has 0 aliphatic heterocycles. The number of nitro groups is 1. The van der Waals surface area contributed by atoms with Crippen LogP contribution >= 0.6 is 11.6 Å². The van der Waals surface area contributed by atoms with Crippen molar-refractivity contribution in [2.24, 2.45) is 0 Å². The molecule has 1 N–H and O–H groups in total. The quantitative estimate of drug-likeness (QED) is 0.648. The first-order chi connectivity index (χ1) is 8.08. The topological polar surface area (TPSA) is 55.2 Å².